The van der Waals surface area contributed by atoms with Crippen molar-refractivity contribution < 1.29 is 4.84 Å². The number of thiophene rings is 1. The minimum atomic E-state index is 0.708. The molecule has 3 aromatic rings. The van der Waals surface area contributed by atoms with Crippen LogP contribution in [0.1, 0.15) is 4.88 Å². The summed E-state index contributed by atoms with van der Waals surface area (Å²) in [5, 5.41) is 3.31. The quantitative estimate of drug-likeness (QED) is 0.685. The van der Waals surface area contributed by atoms with E-state index in [1.807, 2.05) is 23.1 Å². The molecule has 0 amide bonds. The van der Waals surface area contributed by atoms with E-state index >= 15 is 0 Å². The second kappa shape index (κ2) is 4.63. The van der Waals surface area contributed by atoms with Crippen LogP contribution in [0.5, 0.6) is 0 Å². The predicted molar refractivity (Wildman–Crippen MR) is 71.4 cm³/mol. The summed E-state index contributed by atoms with van der Waals surface area (Å²) in [6.07, 6.45) is 2.93. The van der Waals surface area contributed by atoms with Crippen LogP contribution in [0.15, 0.2) is 54.0 Å². The Labute approximate surface area is 104 Å². The van der Waals surface area contributed by atoms with Gasteiger partial charge in [-0.3, -0.25) is 0 Å². The first-order valence-electron chi connectivity index (χ1n) is 5.65. The summed E-state index contributed by atoms with van der Waals surface area (Å²) in [5.41, 5.74) is 1.12. The molecule has 3 rings (SSSR count). The molecule has 0 aliphatic heterocycles. The highest BCUT2D eigenvalue weighted by atomic mass is 32.1. The lowest BCUT2D eigenvalue weighted by molar-refractivity contribution is 0.123. The average Bonchev–Trinajstić information content (AvgIpc) is 2.99. The van der Waals surface area contributed by atoms with E-state index in [1.165, 1.54) is 10.3 Å². The molecule has 0 saturated carbocycles. The van der Waals surface area contributed by atoms with Crippen molar-refractivity contribution in [2.24, 2.45) is 0 Å². The third kappa shape index (κ3) is 2.19. The number of fused-ring (bicyclic) bond motifs is 1. The Kier molecular flexibility index (Phi) is 2.84. The Morgan fingerprint density at radius 2 is 2.00 bits per heavy atom. The molecule has 2 heterocycles. The largest absolute Gasteiger partial charge is 0.413 e. The van der Waals surface area contributed by atoms with E-state index in [2.05, 4.69) is 35.7 Å². The van der Waals surface area contributed by atoms with Gasteiger partial charge in [-0.25, -0.2) is 0 Å². The Bertz CT molecular complexity index is 598. The maximum Gasteiger partial charge on any atom is 0.119 e. The van der Waals surface area contributed by atoms with Gasteiger partial charge in [0.1, 0.15) is 6.61 Å². The number of hydrogen-bond acceptors (Lipinski definition) is 2. The van der Waals surface area contributed by atoms with Crippen molar-refractivity contribution in [2.75, 3.05) is 6.61 Å². The third-order valence-electron chi connectivity index (χ3n) is 2.72. The summed E-state index contributed by atoms with van der Waals surface area (Å²) in [6.45, 7) is 0.708. The maximum absolute atomic E-state index is 5.76. The molecule has 2 aromatic heterocycles. The summed E-state index contributed by atoms with van der Waals surface area (Å²) in [6, 6.07) is 14.5. The van der Waals surface area contributed by atoms with Gasteiger partial charge in [0.05, 0.1) is 5.52 Å². The first kappa shape index (κ1) is 10.4. The van der Waals surface area contributed by atoms with Gasteiger partial charge in [-0.2, -0.15) is 4.73 Å². The minimum absolute atomic E-state index is 0.708. The van der Waals surface area contributed by atoms with Crippen molar-refractivity contribution in [3.8, 4) is 0 Å². The number of nitrogens with zero attached hydrogens (tertiary/aromatic N) is 1. The average molecular weight is 243 g/mol. The lowest BCUT2D eigenvalue weighted by atomic mass is 10.3. The van der Waals surface area contributed by atoms with Crippen molar-refractivity contribution in [1.29, 1.82) is 0 Å². The van der Waals surface area contributed by atoms with Crippen molar-refractivity contribution >= 4 is 22.2 Å². The van der Waals surface area contributed by atoms with Gasteiger partial charge in [-0.05, 0) is 23.6 Å². The van der Waals surface area contributed by atoms with Crippen molar-refractivity contribution in [3.63, 3.8) is 0 Å². The maximum atomic E-state index is 5.76. The van der Waals surface area contributed by atoms with E-state index in [0.29, 0.717) is 6.61 Å². The van der Waals surface area contributed by atoms with Gasteiger partial charge in [0, 0.05) is 22.9 Å². The predicted octanol–water partition coefficient (Wildman–Crippen LogP) is 3.37. The molecular weight excluding hydrogens is 230 g/mol. The number of benzene rings is 1. The molecule has 0 aliphatic carbocycles. The molecule has 0 spiro atoms. The monoisotopic (exact) mass is 243 g/mol. The van der Waals surface area contributed by atoms with Gasteiger partial charge in [0.25, 0.3) is 0 Å². The molecule has 0 bridgehead atoms. The summed E-state index contributed by atoms with van der Waals surface area (Å²) in [4.78, 5) is 7.12. The fraction of sp³-hybridized carbons (Fsp3) is 0.143. The molecule has 0 N–H and O–H groups in total. The van der Waals surface area contributed by atoms with Crippen LogP contribution in [0.3, 0.4) is 0 Å². The van der Waals surface area contributed by atoms with E-state index in [-0.39, 0.29) is 0 Å². The summed E-state index contributed by atoms with van der Waals surface area (Å²) < 4.78 is 1.85. The molecule has 0 atom stereocenters. The fourth-order valence-corrected chi connectivity index (χ4v) is 2.56. The standard InChI is InChI=1S/C14H13NOS/c1-2-6-14-12(4-1)7-9-15(14)16-10-8-13-5-3-11-17-13/h1-7,9,11H,8,10H2. The molecule has 0 radical (unpaired) electrons. The van der Waals surface area contributed by atoms with E-state index in [9.17, 15) is 0 Å². The smallest absolute Gasteiger partial charge is 0.119 e. The van der Waals surface area contributed by atoms with Crippen molar-refractivity contribution in [1.82, 2.24) is 4.73 Å². The van der Waals surface area contributed by atoms with Crippen LogP contribution in [0, 0.1) is 0 Å². The molecule has 1 aromatic carbocycles. The lowest BCUT2D eigenvalue weighted by Crippen LogP contribution is -2.12. The molecule has 86 valence electrons. The molecule has 0 unspecified atom stereocenters. The molecule has 0 aliphatic rings. The van der Waals surface area contributed by atoms with Crippen LogP contribution in [0.2, 0.25) is 0 Å². The van der Waals surface area contributed by atoms with Crippen molar-refractivity contribution in [3.05, 3.63) is 58.9 Å². The highest BCUT2D eigenvalue weighted by Crippen LogP contribution is 2.14. The Balaban J connectivity index is 1.69. The topological polar surface area (TPSA) is 14.2 Å². The summed E-state index contributed by atoms with van der Waals surface area (Å²) in [5.74, 6) is 0. The van der Waals surface area contributed by atoms with Crippen LogP contribution in [0.25, 0.3) is 10.9 Å². The van der Waals surface area contributed by atoms with Gasteiger partial charge < -0.3 is 4.84 Å². The van der Waals surface area contributed by atoms with Gasteiger partial charge >= 0.3 is 0 Å². The fourth-order valence-electron chi connectivity index (χ4n) is 1.87. The zero-order valence-electron chi connectivity index (χ0n) is 9.37. The lowest BCUT2D eigenvalue weighted by Gasteiger charge is -2.07. The van der Waals surface area contributed by atoms with Gasteiger partial charge in [0.15, 0.2) is 0 Å². The number of rotatable bonds is 4. The van der Waals surface area contributed by atoms with E-state index in [1.54, 1.807) is 11.3 Å². The highest BCUT2D eigenvalue weighted by molar-refractivity contribution is 7.09. The molecule has 0 fully saturated rings. The highest BCUT2D eigenvalue weighted by Gasteiger charge is 2.00. The van der Waals surface area contributed by atoms with E-state index < -0.39 is 0 Å². The van der Waals surface area contributed by atoms with Crippen LogP contribution < -0.4 is 4.84 Å². The first-order chi connectivity index (χ1) is 8.43. The molecule has 2 nitrogen and oxygen atoms in total. The molecule has 17 heavy (non-hydrogen) atoms. The molecular formula is C14H13NOS. The van der Waals surface area contributed by atoms with E-state index in [0.717, 1.165) is 11.9 Å². The third-order valence-corrected chi connectivity index (χ3v) is 3.66. The van der Waals surface area contributed by atoms with Crippen LogP contribution in [-0.2, 0) is 6.42 Å². The van der Waals surface area contributed by atoms with Gasteiger partial charge in [-0.1, -0.05) is 24.3 Å². The second-order valence-corrected chi connectivity index (χ2v) is 4.90. The van der Waals surface area contributed by atoms with Crippen LogP contribution in [0.4, 0.5) is 0 Å². The number of hydrogen-bond donors (Lipinski definition) is 0. The Hall–Kier alpha value is -1.74. The van der Waals surface area contributed by atoms with Crippen molar-refractivity contribution in [2.45, 2.75) is 6.42 Å². The molecule has 3 heteroatoms. The summed E-state index contributed by atoms with van der Waals surface area (Å²) in [7, 11) is 0. The zero-order valence-corrected chi connectivity index (χ0v) is 10.2. The van der Waals surface area contributed by atoms with Gasteiger partial charge in [-0.15, -0.1) is 11.3 Å². The summed E-state index contributed by atoms with van der Waals surface area (Å²) >= 11 is 1.77. The number of para-hydroxylation sites is 1. The first-order valence-corrected chi connectivity index (χ1v) is 6.53. The number of aromatic nitrogens is 1. The Morgan fingerprint density at radius 3 is 2.88 bits per heavy atom. The van der Waals surface area contributed by atoms with Gasteiger partial charge in [0.2, 0.25) is 0 Å². The van der Waals surface area contributed by atoms with Crippen LogP contribution in [-0.4, -0.2) is 11.3 Å². The zero-order chi connectivity index (χ0) is 11.5. The van der Waals surface area contributed by atoms with Crippen LogP contribution >= 0.6 is 11.3 Å². The normalized spacial score (nSPS) is 10.8. The second-order valence-electron chi connectivity index (χ2n) is 3.86. The SMILES string of the molecule is c1csc(CCOn2ccc3ccccc32)c1. The Morgan fingerprint density at radius 1 is 1.06 bits per heavy atom. The van der Waals surface area contributed by atoms with E-state index in [4.69, 9.17) is 4.84 Å². The minimum Gasteiger partial charge on any atom is -0.413 e. The molecule has 0 saturated heterocycles.